The number of rotatable bonds is 6. The number of methoxy groups -OCH3 is 1. The van der Waals surface area contributed by atoms with Gasteiger partial charge in [-0.1, -0.05) is 0 Å². The molecule has 0 heterocycles. The number of ether oxygens (including phenoxy) is 2. The van der Waals surface area contributed by atoms with Crippen molar-refractivity contribution in [2.75, 3.05) is 13.7 Å². The van der Waals surface area contributed by atoms with E-state index in [0.29, 0.717) is 11.3 Å². The van der Waals surface area contributed by atoms with Crippen LogP contribution in [0.15, 0.2) is 53.6 Å². The van der Waals surface area contributed by atoms with Crippen LogP contribution in [0, 0.1) is 5.82 Å². The molecule has 0 saturated carbocycles. The van der Waals surface area contributed by atoms with Crippen LogP contribution in [0.2, 0.25) is 0 Å². The first-order valence-electron chi connectivity index (χ1n) is 6.97. The van der Waals surface area contributed by atoms with Gasteiger partial charge >= 0.3 is 5.97 Å². The van der Waals surface area contributed by atoms with Gasteiger partial charge in [-0.25, -0.2) is 14.6 Å². The van der Waals surface area contributed by atoms with Crippen molar-refractivity contribution in [3.05, 3.63) is 65.5 Å². The van der Waals surface area contributed by atoms with Gasteiger partial charge in [-0.15, -0.1) is 0 Å². The van der Waals surface area contributed by atoms with Gasteiger partial charge < -0.3 is 9.47 Å². The van der Waals surface area contributed by atoms with Crippen molar-refractivity contribution in [1.29, 1.82) is 0 Å². The van der Waals surface area contributed by atoms with Crippen LogP contribution >= 0.6 is 0 Å². The Hall–Kier alpha value is -3.22. The molecule has 0 aliphatic heterocycles. The summed E-state index contributed by atoms with van der Waals surface area (Å²) < 4.78 is 22.5. The third kappa shape index (κ3) is 5.20. The zero-order valence-electron chi connectivity index (χ0n) is 12.9. The molecule has 1 N–H and O–H groups in total. The van der Waals surface area contributed by atoms with Crippen molar-refractivity contribution in [2.45, 2.75) is 0 Å². The number of hydrogen-bond acceptors (Lipinski definition) is 5. The van der Waals surface area contributed by atoms with Gasteiger partial charge in [0.2, 0.25) is 0 Å². The Morgan fingerprint density at radius 2 is 1.79 bits per heavy atom. The van der Waals surface area contributed by atoms with Gasteiger partial charge in [0.05, 0.1) is 13.3 Å². The second-order valence-corrected chi connectivity index (χ2v) is 4.64. The summed E-state index contributed by atoms with van der Waals surface area (Å²) in [7, 11) is 1.28. The predicted octanol–water partition coefficient (Wildman–Crippen LogP) is 2.14. The minimum Gasteiger partial charge on any atom is -0.482 e. The van der Waals surface area contributed by atoms with E-state index in [-0.39, 0.29) is 6.61 Å². The van der Waals surface area contributed by atoms with Crippen molar-refractivity contribution in [3.63, 3.8) is 0 Å². The molecule has 0 spiro atoms. The highest BCUT2D eigenvalue weighted by Gasteiger charge is 2.04. The molecule has 6 nitrogen and oxygen atoms in total. The quantitative estimate of drug-likeness (QED) is 0.500. The molecule has 0 aliphatic carbocycles. The Morgan fingerprint density at radius 3 is 2.42 bits per heavy atom. The van der Waals surface area contributed by atoms with Crippen LogP contribution in [0.5, 0.6) is 5.75 Å². The summed E-state index contributed by atoms with van der Waals surface area (Å²) in [6.45, 7) is -0.169. The molecule has 0 bridgehead atoms. The average Bonchev–Trinajstić information content (AvgIpc) is 2.61. The molecule has 0 saturated heterocycles. The molecule has 0 unspecified atom stereocenters. The summed E-state index contributed by atoms with van der Waals surface area (Å²) in [5, 5.41) is 3.82. The summed E-state index contributed by atoms with van der Waals surface area (Å²) in [6, 6.07) is 11.9. The number of hydrazone groups is 1. The fourth-order valence-corrected chi connectivity index (χ4v) is 1.68. The summed E-state index contributed by atoms with van der Waals surface area (Å²) in [5.41, 5.74) is 3.37. The largest absolute Gasteiger partial charge is 0.482 e. The monoisotopic (exact) mass is 330 g/mol. The number of carbonyl (C=O) groups excluding carboxylic acids is 2. The van der Waals surface area contributed by atoms with E-state index in [1.807, 2.05) is 0 Å². The van der Waals surface area contributed by atoms with E-state index in [4.69, 9.17) is 4.74 Å². The Morgan fingerprint density at radius 1 is 1.12 bits per heavy atom. The molecular weight excluding hydrogens is 315 g/mol. The van der Waals surface area contributed by atoms with Gasteiger partial charge in [0.25, 0.3) is 5.91 Å². The Kier molecular flexibility index (Phi) is 6.01. The average molecular weight is 330 g/mol. The van der Waals surface area contributed by atoms with Crippen LogP contribution in [0.25, 0.3) is 0 Å². The summed E-state index contributed by atoms with van der Waals surface area (Å²) in [5.74, 6) is -0.814. The summed E-state index contributed by atoms with van der Waals surface area (Å²) in [6.07, 6.45) is 1.45. The first kappa shape index (κ1) is 17.1. The normalized spacial score (nSPS) is 10.4. The first-order valence-corrected chi connectivity index (χ1v) is 6.97. The number of halogens is 1. The fraction of sp³-hybridized carbons (Fsp3) is 0.118. The molecule has 124 valence electrons. The highest BCUT2D eigenvalue weighted by Crippen LogP contribution is 2.11. The number of esters is 1. The second kappa shape index (κ2) is 8.42. The Labute approximate surface area is 137 Å². The number of benzene rings is 2. The number of amides is 1. The van der Waals surface area contributed by atoms with Crippen molar-refractivity contribution < 1.29 is 23.5 Å². The molecular formula is C17H15FN2O4. The van der Waals surface area contributed by atoms with E-state index >= 15 is 0 Å². The lowest BCUT2D eigenvalue weighted by molar-refractivity contribution is -0.142. The van der Waals surface area contributed by atoms with Crippen molar-refractivity contribution in [2.24, 2.45) is 5.10 Å². The first-order chi connectivity index (χ1) is 11.6. The van der Waals surface area contributed by atoms with Gasteiger partial charge in [0.15, 0.2) is 6.61 Å². The molecule has 0 aromatic heterocycles. The van der Waals surface area contributed by atoms with Crippen LogP contribution < -0.4 is 10.2 Å². The maximum Gasteiger partial charge on any atom is 0.343 e. The zero-order chi connectivity index (χ0) is 17.4. The molecule has 7 heteroatoms. The molecule has 1 amide bonds. The van der Waals surface area contributed by atoms with E-state index < -0.39 is 17.7 Å². The number of carbonyl (C=O) groups is 2. The lowest BCUT2D eigenvalue weighted by Crippen LogP contribution is -2.17. The summed E-state index contributed by atoms with van der Waals surface area (Å²) in [4.78, 5) is 22.7. The molecule has 0 fully saturated rings. The molecule has 2 aromatic carbocycles. The maximum atomic E-state index is 12.8. The van der Waals surface area contributed by atoms with Crippen LogP contribution in [0.4, 0.5) is 4.39 Å². The number of hydrogen-bond donors (Lipinski definition) is 1. The van der Waals surface area contributed by atoms with Gasteiger partial charge in [-0.05, 0) is 54.1 Å². The third-order valence-electron chi connectivity index (χ3n) is 2.95. The second-order valence-electron chi connectivity index (χ2n) is 4.64. The minimum absolute atomic E-state index is 0.169. The predicted molar refractivity (Wildman–Crippen MR) is 85.4 cm³/mol. The van der Waals surface area contributed by atoms with E-state index in [2.05, 4.69) is 15.3 Å². The minimum atomic E-state index is -0.468. The maximum absolute atomic E-state index is 12.8. The van der Waals surface area contributed by atoms with Crippen LogP contribution in [0.3, 0.4) is 0 Å². The molecule has 0 radical (unpaired) electrons. The van der Waals surface area contributed by atoms with Crippen LogP contribution in [0.1, 0.15) is 15.9 Å². The SMILES string of the molecule is COC(=O)COc1ccc(/C=N/NC(=O)c2ccc(F)cc2)cc1. The topological polar surface area (TPSA) is 77.0 Å². The van der Waals surface area contributed by atoms with Crippen LogP contribution in [-0.2, 0) is 9.53 Å². The van der Waals surface area contributed by atoms with Crippen molar-refractivity contribution in [1.82, 2.24) is 5.43 Å². The highest BCUT2D eigenvalue weighted by molar-refractivity contribution is 5.94. The summed E-state index contributed by atoms with van der Waals surface area (Å²) >= 11 is 0. The van der Waals surface area contributed by atoms with Crippen LogP contribution in [-0.4, -0.2) is 31.8 Å². The molecule has 0 aliphatic rings. The van der Waals surface area contributed by atoms with Gasteiger partial charge in [0.1, 0.15) is 11.6 Å². The number of nitrogens with zero attached hydrogens (tertiary/aromatic N) is 1. The molecule has 2 aromatic rings. The van der Waals surface area contributed by atoms with Gasteiger partial charge in [-0.3, -0.25) is 4.79 Å². The van der Waals surface area contributed by atoms with E-state index in [1.54, 1.807) is 24.3 Å². The smallest absolute Gasteiger partial charge is 0.343 e. The fourth-order valence-electron chi connectivity index (χ4n) is 1.68. The zero-order valence-corrected chi connectivity index (χ0v) is 12.9. The lowest BCUT2D eigenvalue weighted by atomic mass is 10.2. The Bertz CT molecular complexity index is 727. The molecule has 0 atom stereocenters. The Balaban J connectivity index is 1.86. The van der Waals surface area contributed by atoms with Crippen molar-refractivity contribution in [3.8, 4) is 5.75 Å². The van der Waals surface area contributed by atoms with Gasteiger partial charge in [0, 0.05) is 5.56 Å². The lowest BCUT2D eigenvalue weighted by Gasteiger charge is -2.04. The highest BCUT2D eigenvalue weighted by atomic mass is 19.1. The van der Waals surface area contributed by atoms with Gasteiger partial charge in [-0.2, -0.15) is 5.10 Å². The van der Waals surface area contributed by atoms with E-state index in [9.17, 15) is 14.0 Å². The number of nitrogens with one attached hydrogen (secondary N) is 1. The third-order valence-corrected chi connectivity index (χ3v) is 2.95. The van der Waals surface area contributed by atoms with Crippen molar-refractivity contribution >= 4 is 18.1 Å². The van der Waals surface area contributed by atoms with E-state index in [0.717, 1.165) is 5.56 Å². The molecule has 2 rings (SSSR count). The standard InChI is InChI=1S/C17H15FN2O4/c1-23-16(21)11-24-15-8-2-12(3-9-15)10-19-20-17(22)13-4-6-14(18)7-5-13/h2-10H,11H2,1H3,(H,20,22)/b19-10+. The molecule has 24 heavy (non-hydrogen) atoms. The van der Waals surface area contributed by atoms with E-state index in [1.165, 1.54) is 37.6 Å².